The molecule has 1 aromatic rings. The lowest BCUT2D eigenvalue weighted by atomic mass is 9.91. The second kappa shape index (κ2) is 7.65. The van der Waals surface area contributed by atoms with Crippen LogP contribution in [0.2, 0.25) is 0 Å². The lowest BCUT2D eigenvalue weighted by molar-refractivity contribution is 0.341. The Kier molecular flexibility index (Phi) is 6.50. The summed E-state index contributed by atoms with van der Waals surface area (Å²) in [6.07, 6.45) is 2.68. The highest BCUT2D eigenvalue weighted by Gasteiger charge is 2.27. The van der Waals surface area contributed by atoms with Crippen molar-refractivity contribution in [2.75, 3.05) is 5.75 Å². The van der Waals surface area contributed by atoms with Gasteiger partial charge in [-0.1, -0.05) is 18.7 Å². The van der Waals surface area contributed by atoms with Crippen LogP contribution in [-0.2, 0) is 7.05 Å². The number of aromatic nitrogens is 3. The first-order chi connectivity index (χ1) is 9.44. The van der Waals surface area contributed by atoms with E-state index in [1.807, 2.05) is 18.5 Å². The van der Waals surface area contributed by atoms with Gasteiger partial charge in [-0.3, -0.25) is 5.32 Å². The SMILES string of the molecule is CCC(C#N)(CCCSc1nnc(C)n1C)NC(C)C. The van der Waals surface area contributed by atoms with Gasteiger partial charge in [0.2, 0.25) is 0 Å². The van der Waals surface area contributed by atoms with Crippen LogP contribution in [0, 0.1) is 18.3 Å². The number of nitriles is 1. The fourth-order valence-electron chi connectivity index (χ4n) is 2.12. The Bertz CT molecular complexity index is 463. The molecule has 0 aliphatic heterocycles. The Labute approximate surface area is 126 Å². The maximum Gasteiger partial charge on any atom is 0.190 e. The fraction of sp³-hybridized carbons (Fsp3) is 0.786. The van der Waals surface area contributed by atoms with Crippen LogP contribution in [0.1, 0.15) is 45.9 Å². The van der Waals surface area contributed by atoms with Crippen LogP contribution < -0.4 is 5.32 Å². The summed E-state index contributed by atoms with van der Waals surface area (Å²) in [5.41, 5.74) is -0.398. The third-order valence-electron chi connectivity index (χ3n) is 3.41. The predicted molar refractivity (Wildman–Crippen MR) is 82.6 cm³/mol. The number of hydrogen-bond acceptors (Lipinski definition) is 5. The van der Waals surface area contributed by atoms with Gasteiger partial charge in [-0.2, -0.15) is 5.26 Å². The highest BCUT2D eigenvalue weighted by atomic mass is 32.2. The van der Waals surface area contributed by atoms with Gasteiger partial charge in [0.1, 0.15) is 11.4 Å². The van der Waals surface area contributed by atoms with E-state index in [4.69, 9.17) is 0 Å². The minimum absolute atomic E-state index is 0.323. The molecule has 20 heavy (non-hydrogen) atoms. The number of hydrogen-bond donors (Lipinski definition) is 1. The third-order valence-corrected chi connectivity index (χ3v) is 4.52. The van der Waals surface area contributed by atoms with Gasteiger partial charge < -0.3 is 4.57 Å². The Hall–Kier alpha value is -1.06. The van der Waals surface area contributed by atoms with E-state index < -0.39 is 5.54 Å². The van der Waals surface area contributed by atoms with Crippen molar-refractivity contribution in [3.8, 4) is 6.07 Å². The van der Waals surface area contributed by atoms with Crippen LogP contribution in [0.3, 0.4) is 0 Å². The van der Waals surface area contributed by atoms with Gasteiger partial charge in [-0.25, -0.2) is 0 Å². The van der Waals surface area contributed by atoms with Crippen LogP contribution >= 0.6 is 11.8 Å². The normalized spacial score (nSPS) is 14.2. The van der Waals surface area contributed by atoms with E-state index in [1.165, 1.54) is 0 Å². The quantitative estimate of drug-likeness (QED) is 0.590. The highest BCUT2D eigenvalue weighted by molar-refractivity contribution is 7.99. The molecule has 0 saturated carbocycles. The smallest absolute Gasteiger partial charge is 0.190 e. The van der Waals surface area contributed by atoms with Gasteiger partial charge in [0.15, 0.2) is 5.16 Å². The van der Waals surface area contributed by atoms with Crippen molar-refractivity contribution in [3.63, 3.8) is 0 Å². The Balaban J connectivity index is 2.45. The third kappa shape index (κ3) is 4.50. The Morgan fingerprint density at radius 1 is 1.45 bits per heavy atom. The maximum atomic E-state index is 9.44. The molecule has 0 aliphatic carbocycles. The predicted octanol–water partition coefficient (Wildman–Crippen LogP) is 2.67. The molecule has 0 amide bonds. The molecule has 0 fully saturated rings. The van der Waals surface area contributed by atoms with Crippen molar-refractivity contribution in [2.45, 2.75) is 63.7 Å². The maximum absolute atomic E-state index is 9.44. The molecule has 0 spiro atoms. The van der Waals surface area contributed by atoms with E-state index >= 15 is 0 Å². The molecule has 1 rings (SSSR count). The molecule has 1 aromatic heterocycles. The summed E-state index contributed by atoms with van der Waals surface area (Å²) in [4.78, 5) is 0. The van der Waals surface area contributed by atoms with Crippen LogP contribution in [0.5, 0.6) is 0 Å². The average Bonchev–Trinajstić information content (AvgIpc) is 2.73. The summed E-state index contributed by atoms with van der Waals surface area (Å²) < 4.78 is 1.99. The van der Waals surface area contributed by atoms with Crippen molar-refractivity contribution in [3.05, 3.63) is 5.82 Å². The van der Waals surface area contributed by atoms with Gasteiger partial charge >= 0.3 is 0 Å². The molecule has 6 heteroatoms. The minimum Gasteiger partial charge on any atom is -0.309 e. The zero-order chi connectivity index (χ0) is 15.2. The summed E-state index contributed by atoms with van der Waals surface area (Å²) in [7, 11) is 1.98. The lowest BCUT2D eigenvalue weighted by Crippen LogP contribution is -2.47. The number of nitrogens with one attached hydrogen (secondary N) is 1. The second-order valence-corrected chi connectivity index (χ2v) is 6.45. The van der Waals surface area contributed by atoms with Crippen molar-refractivity contribution in [2.24, 2.45) is 7.05 Å². The zero-order valence-electron chi connectivity index (χ0n) is 13.1. The van der Waals surface area contributed by atoms with E-state index in [1.54, 1.807) is 11.8 Å². The number of aryl methyl sites for hydroxylation is 1. The summed E-state index contributed by atoms with van der Waals surface area (Å²) in [6, 6.07) is 2.78. The summed E-state index contributed by atoms with van der Waals surface area (Å²) in [6.45, 7) is 8.18. The molecule has 1 unspecified atom stereocenters. The van der Waals surface area contributed by atoms with E-state index in [9.17, 15) is 5.26 Å². The van der Waals surface area contributed by atoms with E-state index in [0.717, 1.165) is 36.0 Å². The summed E-state index contributed by atoms with van der Waals surface area (Å²) >= 11 is 1.70. The van der Waals surface area contributed by atoms with Gasteiger partial charge in [0, 0.05) is 18.8 Å². The van der Waals surface area contributed by atoms with Crippen molar-refractivity contribution < 1.29 is 0 Å². The number of thioether (sulfide) groups is 1. The first-order valence-corrected chi connectivity index (χ1v) is 8.10. The van der Waals surface area contributed by atoms with E-state index in [2.05, 4.69) is 42.4 Å². The highest BCUT2D eigenvalue weighted by Crippen LogP contribution is 2.22. The number of rotatable bonds is 8. The molecule has 1 heterocycles. The molecule has 0 saturated heterocycles. The van der Waals surface area contributed by atoms with Crippen molar-refractivity contribution in [1.29, 1.82) is 5.26 Å². The van der Waals surface area contributed by atoms with Crippen LogP contribution in [0.4, 0.5) is 0 Å². The van der Waals surface area contributed by atoms with Crippen molar-refractivity contribution >= 4 is 11.8 Å². The first kappa shape index (κ1) is 17.0. The molecule has 1 N–H and O–H groups in total. The van der Waals surface area contributed by atoms with E-state index in [0.29, 0.717) is 6.04 Å². The molecule has 0 bridgehead atoms. The topological polar surface area (TPSA) is 66.5 Å². The molecule has 112 valence electrons. The minimum atomic E-state index is -0.398. The van der Waals surface area contributed by atoms with Gasteiger partial charge in [0.05, 0.1) is 6.07 Å². The summed E-state index contributed by atoms with van der Waals surface area (Å²) in [5, 5.41) is 22.0. The van der Waals surface area contributed by atoms with Gasteiger partial charge in [0.25, 0.3) is 0 Å². The second-order valence-electron chi connectivity index (χ2n) is 5.39. The van der Waals surface area contributed by atoms with Crippen LogP contribution in [-0.4, -0.2) is 32.1 Å². The number of nitrogens with zero attached hydrogens (tertiary/aromatic N) is 4. The molecule has 1 atom stereocenters. The Morgan fingerprint density at radius 2 is 2.15 bits per heavy atom. The monoisotopic (exact) mass is 295 g/mol. The standard InChI is InChI=1S/C14H25N5S/c1-6-14(10-15,16-11(2)3)8-7-9-20-13-18-17-12(4)19(13)5/h11,16H,6-9H2,1-5H3. The van der Waals surface area contributed by atoms with Crippen LogP contribution in [0.25, 0.3) is 0 Å². The van der Waals surface area contributed by atoms with Crippen LogP contribution in [0.15, 0.2) is 5.16 Å². The van der Waals surface area contributed by atoms with Gasteiger partial charge in [-0.05, 0) is 40.0 Å². The fourth-order valence-corrected chi connectivity index (χ4v) is 3.02. The van der Waals surface area contributed by atoms with Crippen molar-refractivity contribution in [1.82, 2.24) is 20.1 Å². The first-order valence-electron chi connectivity index (χ1n) is 7.12. The van der Waals surface area contributed by atoms with Gasteiger partial charge in [-0.15, -0.1) is 10.2 Å². The lowest BCUT2D eigenvalue weighted by Gasteiger charge is -2.29. The molecular formula is C14H25N5S. The molecular weight excluding hydrogens is 270 g/mol. The molecule has 0 aromatic carbocycles. The largest absolute Gasteiger partial charge is 0.309 e. The Morgan fingerprint density at radius 3 is 2.60 bits per heavy atom. The summed E-state index contributed by atoms with van der Waals surface area (Å²) in [5.74, 6) is 1.88. The average molecular weight is 295 g/mol. The zero-order valence-corrected chi connectivity index (χ0v) is 13.9. The van der Waals surface area contributed by atoms with E-state index in [-0.39, 0.29) is 0 Å². The molecule has 0 radical (unpaired) electrons. The molecule has 5 nitrogen and oxygen atoms in total. The molecule has 0 aliphatic rings.